The highest BCUT2D eigenvalue weighted by atomic mass is 16.5. The van der Waals surface area contributed by atoms with E-state index in [0.29, 0.717) is 25.4 Å². The van der Waals surface area contributed by atoms with Crippen LogP contribution in [0.2, 0.25) is 0 Å². The van der Waals surface area contributed by atoms with Crippen molar-refractivity contribution >= 4 is 16.8 Å². The molecule has 27 heavy (non-hydrogen) atoms. The average Bonchev–Trinajstić information content (AvgIpc) is 2.73. The molecular formula is C22H22N2O3. The van der Waals surface area contributed by atoms with Gasteiger partial charge in [-0.1, -0.05) is 36.4 Å². The predicted octanol–water partition coefficient (Wildman–Crippen LogP) is 3.34. The van der Waals surface area contributed by atoms with Crippen LogP contribution in [-0.2, 0) is 16.1 Å². The van der Waals surface area contributed by atoms with Crippen LogP contribution in [0.3, 0.4) is 0 Å². The number of benzene rings is 2. The topological polar surface area (TPSA) is 60.5 Å². The number of carbonyl (C=O) groups excluding carboxylic acids is 1. The van der Waals surface area contributed by atoms with Crippen LogP contribution in [0, 0.1) is 0 Å². The molecule has 1 aromatic heterocycles. The second-order valence-electron chi connectivity index (χ2n) is 6.69. The monoisotopic (exact) mass is 362 g/mol. The van der Waals surface area contributed by atoms with Crippen molar-refractivity contribution in [2.24, 2.45) is 0 Å². The lowest BCUT2D eigenvalue weighted by atomic mass is 10.0. The van der Waals surface area contributed by atoms with Crippen LogP contribution in [0.1, 0.15) is 22.3 Å². The normalized spacial score (nSPS) is 19.7. The van der Waals surface area contributed by atoms with Gasteiger partial charge in [-0.3, -0.25) is 9.78 Å². The molecule has 1 aliphatic heterocycles. The van der Waals surface area contributed by atoms with E-state index in [2.05, 4.69) is 10.3 Å². The summed E-state index contributed by atoms with van der Waals surface area (Å²) in [7, 11) is 0. The molecule has 1 N–H and O–H groups in total. The van der Waals surface area contributed by atoms with Crippen LogP contribution in [0.15, 0.2) is 66.9 Å². The maximum Gasteiger partial charge on any atom is 0.251 e. The number of fused-ring (bicyclic) bond motifs is 1. The maximum absolute atomic E-state index is 12.7. The summed E-state index contributed by atoms with van der Waals surface area (Å²) in [4.78, 5) is 17.0. The molecule has 0 aliphatic carbocycles. The largest absolute Gasteiger partial charge is 0.379 e. The highest BCUT2D eigenvalue weighted by Crippen LogP contribution is 2.17. The highest BCUT2D eigenvalue weighted by Gasteiger charge is 2.28. The van der Waals surface area contributed by atoms with E-state index < -0.39 is 0 Å². The quantitative estimate of drug-likeness (QED) is 0.756. The van der Waals surface area contributed by atoms with Crippen LogP contribution in [0.25, 0.3) is 10.9 Å². The van der Waals surface area contributed by atoms with E-state index in [1.165, 1.54) is 0 Å². The zero-order chi connectivity index (χ0) is 18.5. The first-order valence-electron chi connectivity index (χ1n) is 9.18. The van der Waals surface area contributed by atoms with Gasteiger partial charge in [0.15, 0.2) is 0 Å². The standard InChI is InChI=1S/C22H22N2O3/c25-22(18-8-9-19-17(13-18)7-4-11-23-19)24-20-15-26-12-10-21(20)27-14-16-5-2-1-3-6-16/h1-9,11,13,20-21H,10,12,14-15H2,(H,24,25). The van der Waals surface area contributed by atoms with E-state index in [4.69, 9.17) is 9.47 Å². The smallest absolute Gasteiger partial charge is 0.251 e. The molecule has 138 valence electrons. The first-order chi connectivity index (χ1) is 13.3. The number of hydrogen-bond acceptors (Lipinski definition) is 4. The Bertz CT molecular complexity index is 914. The lowest BCUT2D eigenvalue weighted by Crippen LogP contribution is -2.50. The summed E-state index contributed by atoms with van der Waals surface area (Å²) in [5, 5.41) is 4.02. The van der Waals surface area contributed by atoms with E-state index in [9.17, 15) is 4.79 Å². The number of hydrogen-bond donors (Lipinski definition) is 1. The number of carbonyl (C=O) groups is 1. The van der Waals surface area contributed by atoms with Crippen molar-refractivity contribution in [1.82, 2.24) is 10.3 Å². The van der Waals surface area contributed by atoms with Gasteiger partial charge in [0.1, 0.15) is 0 Å². The van der Waals surface area contributed by atoms with E-state index in [1.54, 1.807) is 12.3 Å². The number of pyridine rings is 1. The fourth-order valence-corrected chi connectivity index (χ4v) is 3.30. The van der Waals surface area contributed by atoms with Gasteiger partial charge in [-0.05, 0) is 36.2 Å². The Balaban J connectivity index is 1.42. The highest BCUT2D eigenvalue weighted by molar-refractivity contribution is 5.98. The Morgan fingerprint density at radius 3 is 2.93 bits per heavy atom. The van der Waals surface area contributed by atoms with Gasteiger partial charge in [-0.15, -0.1) is 0 Å². The Labute approximate surface area is 158 Å². The molecule has 5 nitrogen and oxygen atoms in total. The Kier molecular flexibility index (Phi) is 5.42. The van der Waals surface area contributed by atoms with Crippen LogP contribution in [-0.4, -0.2) is 36.3 Å². The molecule has 2 heterocycles. The zero-order valence-electron chi connectivity index (χ0n) is 15.0. The molecule has 1 fully saturated rings. The number of aromatic nitrogens is 1. The van der Waals surface area contributed by atoms with Crippen LogP contribution < -0.4 is 5.32 Å². The lowest BCUT2D eigenvalue weighted by molar-refractivity contribution is -0.0605. The Morgan fingerprint density at radius 2 is 2.04 bits per heavy atom. The molecule has 5 heteroatoms. The average molecular weight is 362 g/mol. The fourth-order valence-electron chi connectivity index (χ4n) is 3.30. The molecule has 0 bridgehead atoms. The van der Waals surface area contributed by atoms with Gasteiger partial charge in [-0.2, -0.15) is 0 Å². The fraction of sp³-hybridized carbons (Fsp3) is 0.273. The van der Waals surface area contributed by atoms with Crippen molar-refractivity contribution in [3.8, 4) is 0 Å². The molecule has 0 spiro atoms. The van der Waals surface area contributed by atoms with Crippen molar-refractivity contribution in [3.63, 3.8) is 0 Å². The molecule has 1 amide bonds. The van der Waals surface area contributed by atoms with Crippen molar-refractivity contribution in [3.05, 3.63) is 78.0 Å². The molecule has 0 saturated carbocycles. The van der Waals surface area contributed by atoms with Crippen molar-refractivity contribution in [1.29, 1.82) is 0 Å². The number of amides is 1. The number of nitrogens with zero attached hydrogens (tertiary/aromatic N) is 1. The van der Waals surface area contributed by atoms with Crippen molar-refractivity contribution in [2.75, 3.05) is 13.2 Å². The summed E-state index contributed by atoms with van der Waals surface area (Å²) in [5.41, 5.74) is 2.61. The van der Waals surface area contributed by atoms with E-state index >= 15 is 0 Å². The van der Waals surface area contributed by atoms with E-state index in [1.807, 2.05) is 54.6 Å². The third-order valence-corrected chi connectivity index (χ3v) is 4.78. The first-order valence-corrected chi connectivity index (χ1v) is 9.18. The molecular weight excluding hydrogens is 340 g/mol. The summed E-state index contributed by atoms with van der Waals surface area (Å²) < 4.78 is 11.7. The summed E-state index contributed by atoms with van der Waals surface area (Å²) in [6, 6.07) is 19.2. The third-order valence-electron chi connectivity index (χ3n) is 4.78. The van der Waals surface area contributed by atoms with Crippen LogP contribution >= 0.6 is 0 Å². The Hall–Kier alpha value is -2.76. The first kappa shape index (κ1) is 17.6. The molecule has 2 aromatic carbocycles. The third kappa shape index (κ3) is 4.32. The summed E-state index contributed by atoms with van der Waals surface area (Å²) in [6.07, 6.45) is 2.44. The molecule has 4 rings (SSSR count). The van der Waals surface area contributed by atoms with Crippen LogP contribution in [0.5, 0.6) is 0 Å². The van der Waals surface area contributed by atoms with E-state index in [0.717, 1.165) is 22.9 Å². The second kappa shape index (κ2) is 8.29. The summed E-state index contributed by atoms with van der Waals surface area (Å²) in [5.74, 6) is -0.121. The lowest BCUT2D eigenvalue weighted by Gasteiger charge is -2.32. The van der Waals surface area contributed by atoms with Gasteiger partial charge in [0.2, 0.25) is 0 Å². The van der Waals surface area contributed by atoms with Gasteiger partial charge in [0.05, 0.1) is 30.9 Å². The second-order valence-corrected chi connectivity index (χ2v) is 6.69. The molecule has 1 aliphatic rings. The number of rotatable bonds is 5. The minimum Gasteiger partial charge on any atom is -0.379 e. The Morgan fingerprint density at radius 1 is 1.15 bits per heavy atom. The molecule has 0 radical (unpaired) electrons. The summed E-state index contributed by atoms with van der Waals surface area (Å²) >= 11 is 0. The maximum atomic E-state index is 12.7. The SMILES string of the molecule is O=C(NC1COCCC1OCc1ccccc1)c1ccc2ncccc2c1. The van der Waals surface area contributed by atoms with Gasteiger partial charge in [0.25, 0.3) is 5.91 Å². The van der Waals surface area contributed by atoms with Crippen molar-refractivity contribution < 1.29 is 14.3 Å². The molecule has 3 aromatic rings. The van der Waals surface area contributed by atoms with Gasteiger partial charge < -0.3 is 14.8 Å². The minimum atomic E-state index is -0.167. The molecule has 2 atom stereocenters. The van der Waals surface area contributed by atoms with Gasteiger partial charge in [-0.25, -0.2) is 0 Å². The van der Waals surface area contributed by atoms with Gasteiger partial charge >= 0.3 is 0 Å². The number of ether oxygens (including phenoxy) is 2. The molecule has 1 saturated heterocycles. The predicted molar refractivity (Wildman–Crippen MR) is 103 cm³/mol. The van der Waals surface area contributed by atoms with Crippen LogP contribution in [0.4, 0.5) is 0 Å². The molecule has 2 unspecified atom stereocenters. The minimum absolute atomic E-state index is 0.0648. The van der Waals surface area contributed by atoms with Gasteiger partial charge in [0, 0.05) is 23.8 Å². The summed E-state index contributed by atoms with van der Waals surface area (Å²) in [6.45, 7) is 1.63. The number of nitrogens with one attached hydrogen (secondary N) is 1. The zero-order valence-corrected chi connectivity index (χ0v) is 15.0. The van der Waals surface area contributed by atoms with Crippen molar-refractivity contribution in [2.45, 2.75) is 25.2 Å². The van der Waals surface area contributed by atoms with E-state index in [-0.39, 0.29) is 18.1 Å².